The summed E-state index contributed by atoms with van der Waals surface area (Å²) in [6.45, 7) is 4.02. The topological polar surface area (TPSA) is 41.4 Å². The van der Waals surface area contributed by atoms with E-state index in [0.717, 1.165) is 60.8 Å². The molecule has 0 radical (unpaired) electrons. The number of fused-ring (bicyclic) bond motifs is 1. The minimum absolute atomic E-state index is 0.0286. The number of thiophene rings is 1. The first-order valence-electron chi connectivity index (χ1n) is 11.6. The molecule has 2 aromatic heterocycles. The summed E-state index contributed by atoms with van der Waals surface area (Å²) in [6, 6.07) is 18.7. The van der Waals surface area contributed by atoms with Crippen molar-refractivity contribution in [3.8, 4) is 0 Å². The summed E-state index contributed by atoms with van der Waals surface area (Å²) in [6.07, 6.45) is 1.60. The van der Waals surface area contributed by atoms with Crippen molar-refractivity contribution in [2.45, 2.75) is 25.9 Å². The Balaban J connectivity index is 1.50. The Morgan fingerprint density at radius 1 is 0.941 bits per heavy atom. The third-order valence-electron chi connectivity index (χ3n) is 5.90. The van der Waals surface area contributed by atoms with Gasteiger partial charge in [-0.3, -0.25) is 14.3 Å². The van der Waals surface area contributed by atoms with Gasteiger partial charge in [-0.25, -0.2) is 9.37 Å². The lowest BCUT2D eigenvalue weighted by Crippen LogP contribution is -2.33. The minimum Gasteiger partial charge on any atom is -0.308 e. The Morgan fingerprint density at radius 3 is 2.44 bits per heavy atom. The van der Waals surface area contributed by atoms with Crippen molar-refractivity contribution in [3.05, 3.63) is 99.2 Å². The monoisotopic (exact) mass is 478 g/mol. The predicted octanol–water partition coefficient (Wildman–Crippen LogP) is 4.64. The summed E-state index contributed by atoms with van der Waals surface area (Å²) >= 11 is 1.51. The molecule has 0 aliphatic heterocycles. The van der Waals surface area contributed by atoms with E-state index in [1.807, 2.05) is 58.5 Å². The average molecular weight is 479 g/mol. The number of aryl methyl sites for hydroxylation is 1. The van der Waals surface area contributed by atoms with Crippen LogP contribution in [0.2, 0.25) is 0 Å². The third-order valence-corrected chi connectivity index (χ3v) is 6.71. The molecule has 0 amide bonds. The van der Waals surface area contributed by atoms with Gasteiger partial charge in [-0.15, -0.1) is 11.3 Å². The molecule has 178 valence electrons. The zero-order valence-electron chi connectivity index (χ0n) is 19.8. The zero-order valence-corrected chi connectivity index (χ0v) is 20.6. The van der Waals surface area contributed by atoms with Crippen LogP contribution in [-0.2, 0) is 19.5 Å². The maximum Gasteiger partial charge on any atom is 0.262 e. The van der Waals surface area contributed by atoms with E-state index in [-0.39, 0.29) is 11.4 Å². The van der Waals surface area contributed by atoms with Gasteiger partial charge in [0.05, 0.1) is 11.9 Å². The third kappa shape index (κ3) is 6.38. The molecule has 0 saturated carbocycles. The molecule has 34 heavy (non-hydrogen) atoms. The lowest BCUT2D eigenvalue weighted by Gasteiger charge is -2.24. The molecule has 0 saturated heterocycles. The van der Waals surface area contributed by atoms with E-state index < -0.39 is 0 Å². The molecule has 7 heteroatoms. The Morgan fingerprint density at radius 2 is 1.71 bits per heavy atom. The van der Waals surface area contributed by atoms with E-state index in [1.165, 1.54) is 23.5 Å². The molecule has 5 nitrogen and oxygen atoms in total. The van der Waals surface area contributed by atoms with E-state index in [4.69, 9.17) is 4.98 Å². The van der Waals surface area contributed by atoms with E-state index in [9.17, 15) is 9.18 Å². The predicted molar refractivity (Wildman–Crippen MR) is 138 cm³/mol. The van der Waals surface area contributed by atoms with E-state index in [2.05, 4.69) is 23.9 Å². The second-order valence-electron chi connectivity index (χ2n) is 8.85. The summed E-state index contributed by atoms with van der Waals surface area (Å²) in [7, 11) is 4.14. The Hall–Kier alpha value is -2.87. The fraction of sp³-hybridized carbons (Fsp3) is 0.333. The van der Waals surface area contributed by atoms with Crippen molar-refractivity contribution in [3.63, 3.8) is 0 Å². The summed E-state index contributed by atoms with van der Waals surface area (Å²) < 4.78 is 15.2. The number of likely N-dealkylation sites (N-methyl/N-ethyl adjacent to an activating group) is 1. The highest BCUT2D eigenvalue weighted by atomic mass is 32.1. The first-order valence-corrected chi connectivity index (χ1v) is 12.5. The van der Waals surface area contributed by atoms with Gasteiger partial charge >= 0.3 is 0 Å². The van der Waals surface area contributed by atoms with Crippen LogP contribution in [0.4, 0.5) is 4.39 Å². The average Bonchev–Trinajstić information content (AvgIpc) is 3.30. The summed E-state index contributed by atoms with van der Waals surface area (Å²) in [5.41, 5.74) is 2.21. The molecule has 0 fully saturated rings. The van der Waals surface area contributed by atoms with Crippen molar-refractivity contribution >= 4 is 21.6 Å². The van der Waals surface area contributed by atoms with E-state index in [1.54, 1.807) is 0 Å². The molecule has 0 N–H and O–H groups in total. The van der Waals surface area contributed by atoms with Crippen LogP contribution < -0.4 is 5.56 Å². The number of hydrogen-bond acceptors (Lipinski definition) is 5. The molecule has 0 aliphatic rings. The van der Waals surface area contributed by atoms with Crippen LogP contribution in [0.15, 0.2) is 70.8 Å². The van der Waals surface area contributed by atoms with Crippen molar-refractivity contribution in [2.24, 2.45) is 0 Å². The first kappa shape index (κ1) is 24.3. The summed E-state index contributed by atoms with van der Waals surface area (Å²) in [5.74, 6) is 0.619. The standard InChI is InChI=1S/C27H31FN4OS/c1-30(2)16-17-31(19-22-10-12-23(28)13-11-22)15-6-9-25-29-26-24(14-18-34-26)27(33)32(25)20-21-7-4-3-5-8-21/h3-5,7-8,10-14,18H,6,9,15-17,19-20H2,1-2H3. The Bertz CT molecular complexity index is 1250. The largest absolute Gasteiger partial charge is 0.308 e. The number of hydrogen-bond donors (Lipinski definition) is 0. The molecule has 4 rings (SSSR count). The highest BCUT2D eigenvalue weighted by Gasteiger charge is 2.14. The Labute approximate surface area is 204 Å². The maximum atomic E-state index is 13.3. The molecule has 0 spiro atoms. The van der Waals surface area contributed by atoms with E-state index in [0.29, 0.717) is 11.9 Å². The highest BCUT2D eigenvalue weighted by molar-refractivity contribution is 7.16. The van der Waals surface area contributed by atoms with Gasteiger partial charge in [-0.2, -0.15) is 0 Å². The zero-order chi connectivity index (χ0) is 23.9. The van der Waals surface area contributed by atoms with Crippen LogP contribution in [0, 0.1) is 5.82 Å². The molecular formula is C27H31FN4OS. The van der Waals surface area contributed by atoms with Crippen molar-refractivity contribution in [1.29, 1.82) is 0 Å². The van der Waals surface area contributed by atoms with E-state index >= 15 is 0 Å². The van der Waals surface area contributed by atoms with Gasteiger partial charge < -0.3 is 4.90 Å². The first-order chi connectivity index (χ1) is 16.5. The number of nitrogens with zero attached hydrogens (tertiary/aromatic N) is 4. The van der Waals surface area contributed by atoms with Gasteiger partial charge in [-0.05, 0) is 61.8 Å². The molecule has 2 heterocycles. The van der Waals surface area contributed by atoms with Gasteiger partial charge in [0.2, 0.25) is 0 Å². The molecular weight excluding hydrogens is 447 g/mol. The quantitative estimate of drug-likeness (QED) is 0.315. The SMILES string of the molecule is CN(C)CCN(CCCc1nc2sccc2c(=O)n1Cc1ccccc1)Cc1ccc(F)cc1. The molecule has 0 aliphatic carbocycles. The van der Waals surface area contributed by atoms with Crippen molar-refractivity contribution in [2.75, 3.05) is 33.7 Å². The number of benzene rings is 2. The highest BCUT2D eigenvalue weighted by Crippen LogP contribution is 2.17. The van der Waals surface area contributed by atoms with Gasteiger partial charge in [0, 0.05) is 26.1 Å². The number of aromatic nitrogens is 2. The van der Waals surface area contributed by atoms with Crippen LogP contribution in [-0.4, -0.2) is 53.1 Å². The van der Waals surface area contributed by atoms with Gasteiger partial charge in [-0.1, -0.05) is 42.5 Å². The minimum atomic E-state index is -0.213. The molecule has 2 aromatic carbocycles. The number of halogens is 1. The maximum absolute atomic E-state index is 13.3. The van der Waals surface area contributed by atoms with Crippen LogP contribution >= 0.6 is 11.3 Å². The fourth-order valence-corrected chi connectivity index (χ4v) is 4.80. The smallest absolute Gasteiger partial charge is 0.262 e. The molecule has 0 bridgehead atoms. The van der Waals surface area contributed by atoms with Gasteiger partial charge in [0.25, 0.3) is 5.56 Å². The van der Waals surface area contributed by atoms with Gasteiger partial charge in [0.15, 0.2) is 0 Å². The van der Waals surface area contributed by atoms with Crippen LogP contribution in [0.25, 0.3) is 10.2 Å². The molecule has 0 unspecified atom stereocenters. The van der Waals surface area contributed by atoms with Crippen molar-refractivity contribution < 1.29 is 4.39 Å². The van der Waals surface area contributed by atoms with Crippen LogP contribution in [0.3, 0.4) is 0 Å². The van der Waals surface area contributed by atoms with Crippen molar-refractivity contribution in [1.82, 2.24) is 19.4 Å². The van der Waals surface area contributed by atoms with Crippen LogP contribution in [0.5, 0.6) is 0 Å². The second-order valence-corrected chi connectivity index (χ2v) is 9.75. The summed E-state index contributed by atoms with van der Waals surface area (Å²) in [4.78, 5) is 23.5. The molecule has 0 atom stereocenters. The summed E-state index contributed by atoms with van der Waals surface area (Å²) in [5, 5.41) is 2.62. The normalized spacial score (nSPS) is 11.7. The fourth-order valence-electron chi connectivity index (χ4n) is 4.03. The Kier molecular flexibility index (Phi) is 8.21. The lowest BCUT2D eigenvalue weighted by molar-refractivity contribution is 0.230. The number of rotatable bonds is 11. The lowest BCUT2D eigenvalue weighted by atomic mass is 10.2. The van der Waals surface area contributed by atoms with Crippen LogP contribution in [0.1, 0.15) is 23.4 Å². The second kappa shape index (κ2) is 11.5. The van der Waals surface area contributed by atoms with Gasteiger partial charge in [0.1, 0.15) is 16.5 Å². The molecule has 4 aromatic rings.